The fraction of sp³-hybridized carbons (Fsp3) is 0.421. The van der Waals surface area contributed by atoms with Gasteiger partial charge in [-0.3, -0.25) is 4.79 Å². The average Bonchev–Trinajstić information content (AvgIpc) is 3.42. The summed E-state index contributed by atoms with van der Waals surface area (Å²) in [5, 5.41) is 13.3. The zero-order valence-electron chi connectivity index (χ0n) is 16.1. The lowest BCUT2D eigenvalue weighted by molar-refractivity contribution is 0.462. The van der Waals surface area contributed by atoms with Crippen LogP contribution in [0.1, 0.15) is 47.5 Å². The molecule has 0 amide bonds. The molecule has 4 heterocycles. The van der Waals surface area contributed by atoms with Crippen molar-refractivity contribution in [1.82, 2.24) is 30.2 Å². The molecule has 0 radical (unpaired) electrons. The van der Waals surface area contributed by atoms with Crippen LogP contribution >= 0.6 is 23.1 Å². The summed E-state index contributed by atoms with van der Waals surface area (Å²) in [6, 6.07) is 3.71. The molecule has 0 bridgehead atoms. The molecule has 1 aliphatic rings. The normalized spacial score (nSPS) is 17.5. The molecule has 0 fully saturated rings. The van der Waals surface area contributed by atoms with Gasteiger partial charge in [0.05, 0.1) is 16.9 Å². The Kier molecular flexibility index (Phi) is 4.75. The number of fused-ring (bicyclic) bond motifs is 3. The molecule has 1 aliphatic carbocycles. The molecule has 2 unspecified atom stereocenters. The maximum Gasteiger partial charge on any atom is 0.259 e. The highest BCUT2D eigenvalue weighted by molar-refractivity contribution is 7.99. The predicted octanol–water partition coefficient (Wildman–Crippen LogP) is 3.59. The Morgan fingerprint density at radius 3 is 3.21 bits per heavy atom. The van der Waals surface area contributed by atoms with Gasteiger partial charge in [0.1, 0.15) is 23.0 Å². The number of hydrogen-bond acceptors (Lipinski definition) is 8. The van der Waals surface area contributed by atoms with E-state index >= 15 is 0 Å². The van der Waals surface area contributed by atoms with Crippen LogP contribution in [0.25, 0.3) is 10.2 Å². The molecule has 29 heavy (non-hydrogen) atoms. The number of tetrazole rings is 1. The van der Waals surface area contributed by atoms with Crippen molar-refractivity contribution in [3.05, 3.63) is 50.8 Å². The molecule has 4 aromatic heterocycles. The Morgan fingerprint density at radius 2 is 2.38 bits per heavy atom. The maximum absolute atomic E-state index is 12.8. The molecule has 5 rings (SSSR count). The number of aryl methyl sites for hydroxylation is 1. The van der Waals surface area contributed by atoms with Crippen LogP contribution in [0.5, 0.6) is 0 Å². The lowest BCUT2D eigenvalue weighted by atomic mass is 9.89. The van der Waals surface area contributed by atoms with Crippen LogP contribution in [0.4, 0.5) is 0 Å². The van der Waals surface area contributed by atoms with Gasteiger partial charge < -0.3 is 9.40 Å². The van der Waals surface area contributed by atoms with Crippen molar-refractivity contribution >= 4 is 33.3 Å². The smallest absolute Gasteiger partial charge is 0.259 e. The van der Waals surface area contributed by atoms with Gasteiger partial charge in [-0.25, -0.2) is 9.67 Å². The van der Waals surface area contributed by atoms with Gasteiger partial charge in [0.15, 0.2) is 0 Å². The van der Waals surface area contributed by atoms with Crippen molar-refractivity contribution in [3.8, 4) is 0 Å². The van der Waals surface area contributed by atoms with Gasteiger partial charge in [0, 0.05) is 4.88 Å². The van der Waals surface area contributed by atoms with Crippen LogP contribution in [0.15, 0.2) is 32.8 Å². The van der Waals surface area contributed by atoms with E-state index in [1.54, 1.807) is 22.3 Å². The van der Waals surface area contributed by atoms with E-state index in [9.17, 15) is 4.79 Å². The fourth-order valence-electron chi connectivity index (χ4n) is 3.70. The summed E-state index contributed by atoms with van der Waals surface area (Å²) in [7, 11) is 0. The van der Waals surface area contributed by atoms with Gasteiger partial charge in [-0.15, -0.1) is 16.4 Å². The molecule has 150 valence electrons. The van der Waals surface area contributed by atoms with Crippen LogP contribution < -0.4 is 5.56 Å². The van der Waals surface area contributed by atoms with Gasteiger partial charge >= 0.3 is 0 Å². The third-order valence-electron chi connectivity index (χ3n) is 5.24. The molecule has 0 aromatic carbocycles. The minimum Gasteiger partial charge on any atom is -0.467 e. The first kappa shape index (κ1) is 18.6. The number of aromatic nitrogens is 6. The third kappa shape index (κ3) is 3.51. The maximum atomic E-state index is 12.8. The highest BCUT2D eigenvalue weighted by atomic mass is 32.2. The number of H-pyrrole nitrogens is 1. The second-order valence-electron chi connectivity index (χ2n) is 7.44. The average molecular weight is 429 g/mol. The monoisotopic (exact) mass is 428 g/mol. The van der Waals surface area contributed by atoms with Gasteiger partial charge in [0.2, 0.25) is 5.16 Å². The lowest BCUT2D eigenvalue weighted by Crippen LogP contribution is -2.15. The number of thioether (sulfide) groups is 1. The molecule has 4 aromatic rings. The molecular weight excluding hydrogens is 408 g/mol. The lowest BCUT2D eigenvalue weighted by Gasteiger charge is -2.17. The standard InChI is InChI=1S/C19H20N6O2S2/c1-10-5-6-13-14(8-10)29-18-15(13)17(26)20-16(21-18)11(2)28-19-22-23-24-25(19)9-12-4-3-7-27-12/h3-4,7,10-11H,5-6,8-9H2,1-2H3,(H,20,21,26). The first-order valence-electron chi connectivity index (χ1n) is 9.58. The quantitative estimate of drug-likeness (QED) is 0.485. The molecule has 0 saturated carbocycles. The van der Waals surface area contributed by atoms with E-state index in [2.05, 4.69) is 27.4 Å². The summed E-state index contributed by atoms with van der Waals surface area (Å²) in [4.78, 5) is 22.8. The summed E-state index contributed by atoms with van der Waals surface area (Å²) in [6.07, 6.45) is 4.76. The van der Waals surface area contributed by atoms with E-state index in [1.807, 2.05) is 19.1 Å². The molecule has 0 spiro atoms. The van der Waals surface area contributed by atoms with Crippen LogP contribution in [-0.4, -0.2) is 30.2 Å². The van der Waals surface area contributed by atoms with Gasteiger partial charge in [-0.1, -0.05) is 18.7 Å². The van der Waals surface area contributed by atoms with Crippen molar-refractivity contribution in [1.29, 1.82) is 0 Å². The molecule has 1 N–H and O–H groups in total. The number of aromatic amines is 1. The van der Waals surface area contributed by atoms with E-state index in [-0.39, 0.29) is 10.8 Å². The van der Waals surface area contributed by atoms with Crippen molar-refractivity contribution in [2.75, 3.05) is 0 Å². The highest BCUT2D eigenvalue weighted by Crippen LogP contribution is 2.37. The summed E-state index contributed by atoms with van der Waals surface area (Å²) in [5.74, 6) is 2.08. The second kappa shape index (κ2) is 7.42. The number of hydrogen-bond donors (Lipinski definition) is 1. The van der Waals surface area contributed by atoms with Crippen LogP contribution in [0.3, 0.4) is 0 Å². The van der Waals surface area contributed by atoms with Crippen molar-refractivity contribution < 1.29 is 4.42 Å². The number of rotatable bonds is 5. The van der Waals surface area contributed by atoms with Gasteiger partial charge in [0.25, 0.3) is 5.56 Å². The van der Waals surface area contributed by atoms with Crippen LogP contribution in [-0.2, 0) is 19.4 Å². The molecule has 8 nitrogen and oxygen atoms in total. The molecule has 2 atom stereocenters. The predicted molar refractivity (Wildman–Crippen MR) is 111 cm³/mol. The molecular formula is C19H20N6O2S2. The SMILES string of the molecule is CC1CCc2c(sc3nc(C(C)Sc4nnnn4Cc4ccco4)[nH]c(=O)c23)C1. The van der Waals surface area contributed by atoms with E-state index in [4.69, 9.17) is 9.40 Å². The fourth-order valence-corrected chi connectivity index (χ4v) is 5.94. The van der Waals surface area contributed by atoms with E-state index in [0.29, 0.717) is 23.4 Å². The molecule has 0 saturated heterocycles. The topological polar surface area (TPSA) is 102 Å². The Balaban J connectivity index is 1.43. The van der Waals surface area contributed by atoms with Crippen molar-refractivity contribution in [3.63, 3.8) is 0 Å². The van der Waals surface area contributed by atoms with Crippen LogP contribution in [0.2, 0.25) is 0 Å². The van der Waals surface area contributed by atoms with E-state index < -0.39 is 0 Å². The Hall–Kier alpha value is -2.46. The largest absolute Gasteiger partial charge is 0.467 e. The summed E-state index contributed by atoms with van der Waals surface area (Å²) < 4.78 is 7.06. The summed E-state index contributed by atoms with van der Waals surface area (Å²) in [6.45, 7) is 4.71. The minimum atomic E-state index is -0.105. The van der Waals surface area contributed by atoms with Gasteiger partial charge in [-0.2, -0.15) is 0 Å². The van der Waals surface area contributed by atoms with E-state index in [1.165, 1.54) is 22.2 Å². The minimum absolute atomic E-state index is 0.0420. The Morgan fingerprint density at radius 1 is 1.48 bits per heavy atom. The summed E-state index contributed by atoms with van der Waals surface area (Å²) >= 11 is 3.13. The zero-order chi connectivity index (χ0) is 20.0. The van der Waals surface area contributed by atoms with E-state index in [0.717, 1.165) is 35.2 Å². The number of furan rings is 1. The van der Waals surface area contributed by atoms with Crippen molar-refractivity contribution in [2.45, 2.75) is 50.1 Å². The van der Waals surface area contributed by atoms with Crippen LogP contribution in [0, 0.1) is 5.92 Å². The second-order valence-corrected chi connectivity index (χ2v) is 9.83. The third-order valence-corrected chi connectivity index (χ3v) is 7.46. The Labute approximate surface area is 174 Å². The number of nitrogens with zero attached hydrogens (tertiary/aromatic N) is 5. The number of thiophene rings is 1. The van der Waals surface area contributed by atoms with Crippen molar-refractivity contribution in [2.24, 2.45) is 5.92 Å². The summed E-state index contributed by atoms with van der Waals surface area (Å²) in [5.41, 5.74) is 1.16. The highest BCUT2D eigenvalue weighted by Gasteiger charge is 2.24. The zero-order valence-corrected chi connectivity index (χ0v) is 17.7. The number of nitrogens with one attached hydrogen (secondary N) is 1. The Bertz CT molecular complexity index is 1210. The van der Waals surface area contributed by atoms with Gasteiger partial charge in [-0.05, 0) is 60.2 Å². The molecule has 10 heteroatoms. The first-order chi connectivity index (χ1) is 14.1. The molecule has 0 aliphatic heterocycles. The first-order valence-corrected chi connectivity index (χ1v) is 11.3.